The van der Waals surface area contributed by atoms with Gasteiger partial charge >= 0.3 is 0 Å². The third kappa shape index (κ3) is 4.18. The minimum absolute atomic E-state index is 0.117. The predicted octanol–water partition coefficient (Wildman–Crippen LogP) is 2.98. The number of benzene rings is 1. The minimum Gasteiger partial charge on any atom is -0.496 e. The largest absolute Gasteiger partial charge is 0.496 e. The van der Waals surface area contributed by atoms with Gasteiger partial charge < -0.3 is 14.7 Å². The van der Waals surface area contributed by atoms with Crippen molar-refractivity contribution in [3.05, 3.63) is 28.8 Å². The van der Waals surface area contributed by atoms with Gasteiger partial charge in [-0.05, 0) is 88.5 Å². The van der Waals surface area contributed by atoms with E-state index >= 15 is 0 Å². The average Bonchev–Trinajstić information content (AvgIpc) is 3.14. The maximum absolute atomic E-state index is 10.1. The van der Waals surface area contributed by atoms with Crippen molar-refractivity contribution in [1.29, 1.82) is 0 Å². The average molecular weight is 347 g/mol. The molecular formula is C21H34N2O2. The number of methoxy groups -OCH3 is 1. The molecule has 0 radical (unpaired) electrons. The normalized spacial score (nSPS) is 21.6. The summed E-state index contributed by atoms with van der Waals surface area (Å²) in [6, 6.07) is 4.30. The number of hydrogen-bond acceptors (Lipinski definition) is 4. The summed E-state index contributed by atoms with van der Waals surface area (Å²) in [5.41, 5.74) is 4.10. The lowest BCUT2D eigenvalue weighted by molar-refractivity contribution is 0.0164. The summed E-state index contributed by atoms with van der Waals surface area (Å²) in [6.45, 7) is 11.4. The smallest absolute Gasteiger partial charge is 0.122 e. The maximum atomic E-state index is 10.1. The van der Waals surface area contributed by atoms with Gasteiger partial charge in [-0.15, -0.1) is 0 Å². The van der Waals surface area contributed by atoms with E-state index in [2.05, 4.69) is 35.8 Å². The Morgan fingerprint density at radius 2 is 1.68 bits per heavy atom. The van der Waals surface area contributed by atoms with E-state index in [0.717, 1.165) is 44.8 Å². The molecule has 4 nitrogen and oxygen atoms in total. The van der Waals surface area contributed by atoms with Crippen molar-refractivity contribution in [3.63, 3.8) is 0 Å². The predicted molar refractivity (Wildman–Crippen MR) is 102 cm³/mol. The number of likely N-dealkylation sites (tertiary alicyclic amines) is 2. The summed E-state index contributed by atoms with van der Waals surface area (Å²) in [5, 5.41) is 10.1. The number of ether oxygens (including phenoxy) is 1. The van der Waals surface area contributed by atoms with Crippen LogP contribution in [-0.4, -0.2) is 61.3 Å². The fourth-order valence-electron chi connectivity index (χ4n) is 4.45. The van der Waals surface area contributed by atoms with Crippen LogP contribution in [0.15, 0.2) is 12.1 Å². The van der Waals surface area contributed by atoms with E-state index in [9.17, 15) is 5.11 Å². The molecule has 2 aliphatic heterocycles. The molecule has 1 aromatic carbocycles. The van der Waals surface area contributed by atoms with Gasteiger partial charge in [-0.25, -0.2) is 0 Å². The van der Waals surface area contributed by atoms with Crippen LogP contribution in [0.3, 0.4) is 0 Å². The monoisotopic (exact) mass is 346 g/mol. The lowest BCUT2D eigenvalue weighted by Crippen LogP contribution is -2.47. The first-order chi connectivity index (χ1) is 12.1. The first kappa shape index (κ1) is 18.7. The summed E-state index contributed by atoms with van der Waals surface area (Å²) < 4.78 is 5.43. The van der Waals surface area contributed by atoms with Gasteiger partial charge in [0.25, 0.3) is 0 Å². The number of nitrogens with zero attached hydrogens (tertiary/aromatic N) is 2. The van der Waals surface area contributed by atoms with Gasteiger partial charge in [0.2, 0.25) is 0 Å². The van der Waals surface area contributed by atoms with E-state index in [1.165, 1.54) is 42.6 Å². The molecule has 0 amide bonds. The molecule has 0 spiro atoms. The first-order valence-corrected chi connectivity index (χ1v) is 9.75. The van der Waals surface area contributed by atoms with E-state index in [-0.39, 0.29) is 5.41 Å². The van der Waals surface area contributed by atoms with Gasteiger partial charge in [-0.3, -0.25) is 4.90 Å². The summed E-state index contributed by atoms with van der Waals surface area (Å²) in [6.07, 6.45) is 4.86. The molecule has 2 aliphatic rings. The number of aliphatic hydroxyl groups is 1. The fourth-order valence-corrected chi connectivity index (χ4v) is 4.45. The molecule has 2 heterocycles. The van der Waals surface area contributed by atoms with Gasteiger partial charge in [-0.2, -0.15) is 0 Å². The van der Waals surface area contributed by atoms with Crippen molar-refractivity contribution in [2.75, 3.05) is 46.4 Å². The molecule has 3 rings (SSSR count). The topological polar surface area (TPSA) is 35.9 Å². The molecule has 2 saturated heterocycles. The quantitative estimate of drug-likeness (QED) is 0.859. The SMILES string of the molecule is COc1ccc(CN2CCC(CO)(CN3CCCC3)CC2)c(C)c1C. The van der Waals surface area contributed by atoms with Crippen molar-refractivity contribution in [1.82, 2.24) is 9.80 Å². The van der Waals surface area contributed by atoms with Crippen molar-refractivity contribution >= 4 is 0 Å². The van der Waals surface area contributed by atoms with Gasteiger partial charge in [0.15, 0.2) is 0 Å². The zero-order valence-electron chi connectivity index (χ0n) is 16.2. The van der Waals surface area contributed by atoms with Crippen LogP contribution in [0.5, 0.6) is 5.75 Å². The molecule has 0 unspecified atom stereocenters. The Balaban J connectivity index is 1.59. The summed E-state index contributed by atoms with van der Waals surface area (Å²) in [7, 11) is 1.74. The number of aliphatic hydroxyl groups excluding tert-OH is 1. The Morgan fingerprint density at radius 3 is 2.28 bits per heavy atom. The molecular weight excluding hydrogens is 312 g/mol. The lowest BCUT2D eigenvalue weighted by Gasteiger charge is -2.43. The van der Waals surface area contributed by atoms with E-state index in [1.54, 1.807) is 7.11 Å². The Bertz CT molecular complexity index is 574. The van der Waals surface area contributed by atoms with Crippen LogP contribution in [0, 0.1) is 19.3 Å². The third-order valence-electron chi connectivity index (χ3n) is 6.47. The highest BCUT2D eigenvalue weighted by Crippen LogP contribution is 2.34. The molecule has 140 valence electrons. The summed E-state index contributed by atoms with van der Waals surface area (Å²) in [5.74, 6) is 0.977. The Kier molecular flexibility index (Phi) is 6.03. The third-order valence-corrected chi connectivity index (χ3v) is 6.47. The van der Waals surface area contributed by atoms with Crippen LogP contribution in [-0.2, 0) is 6.54 Å². The van der Waals surface area contributed by atoms with E-state index < -0.39 is 0 Å². The first-order valence-electron chi connectivity index (χ1n) is 9.75. The second-order valence-corrected chi connectivity index (χ2v) is 8.09. The zero-order valence-corrected chi connectivity index (χ0v) is 16.2. The van der Waals surface area contributed by atoms with Crippen molar-refractivity contribution < 1.29 is 9.84 Å². The van der Waals surface area contributed by atoms with Crippen molar-refractivity contribution in [2.24, 2.45) is 5.41 Å². The Labute approximate surface area is 152 Å². The van der Waals surface area contributed by atoms with Gasteiger partial charge in [-0.1, -0.05) is 6.07 Å². The lowest BCUT2D eigenvalue weighted by atomic mass is 9.78. The molecule has 4 heteroatoms. The van der Waals surface area contributed by atoms with Crippen LogP contribution in [0.25, 0.3) is 0 Å². The van der Waals surface area contributed by atoms with Gasteiger partial charge in [0, 0.05) is 18.5 Å². The van der Waals surface area contributed by atoms with Crippen molar-refractivity contribution in [3.8, 4) is 5.75 Å². The summed E-state index contributed by atoms with van der Waals surface area (Å²) in [4.78, 5) is 5.11. The Hall–Kier alpha value is -1.10. The van der Waals surface area contributed by atoms with Crippen LogP contribution < -0.4 is 4.74 Å². The Morgan fingerprint density at radius 1 is 1.00 bits per heavy atom. The highest BCUT2D eigenvalue weighted by atomic mass is 16.5. The molecule has 0 atom stereocenters. The molecule has 1 aromatic rings. The molecule has 25 heavy (non-hydrogen) atoms. The molecule has 0 aromatic heterocycles. The van der Waals surface area contributed by atoms with Crippen LogP contribution in [0.1, 0.15) is 42.4 Å². The molecule has 0 saturated carbocycles. The number of piperidine rings is 1. The second-order valence-electron chi connectivity index (χ2n) is 8.09. The number of rotatable bonds is 6. The minimum atomic E-state index is 0.117. The van der Waals surface area contributed by atoms with Crippen LogP contribution in [0.2, 0.25) is 0 Å². The highest BCUT2D eigenvalue weighted by Gasteiger charge is 2.36. The zero-order chi connectivity index (χ0) is 17.9. The number of hydrogen-bond donors (Lipinski definition) is 1. The second kappa shape index (κ2) is 8.07. The fraction of sp³-hybridized carbons (Fsp3) is 0.714. The van der Waals surface area contributed by atoms with E-state index in [1.807, 2.05) is 0 Å². The van der Waals surface area contributed by atoms with Gasteiger partial charge in [0.1, 0.15) is 5.75 Å². The van der Waals surface area contributed by atoms with E-state index in [0.29, 0.717) is 6.61 Å². The highest BCUT2D eigenvalue weighted by molar-refractivity contribution is 5.43. The standard InChI is InChI=1S/C21H34N2O2/c1-17-18(2)20(25-3)7-6-19(17)14-22-12-8-21(16-24,9-13-22)15-23-10-4-5-11-23/h6-7,24H,4-5,8-16H2,1-3H3. The van der Waals surface area contributed by atoms with Gasteiger partial charge in [0.05, 0.1) is 13.7 Å². The molecule has 1 N–H and O–H groups in total. The maximum Gasteiger partial charge on any atom is 0.122 e. The molecule has 2 fully saturated rings. The molecule has 0 aliphatic carbocycles. The molecule has 0 bridgehead atoms. The van der Waals surface area contributed by atoms with Crippen LogP contribution in [0.4, 0.5) is 0 Å². The van der Waals surface area contributed by atoms with Crippen LogP contribution >= 0.6 is 0 Å². The van der Waals surface area contributed by atoms with E-state index in [4.69, 9.17) is 4.74 Å². The summed E-state index contributed by atoms with van der Waals surface area (Å²) >= 11 is 0. The van der Waals surface area contributed by atoms with Crippen molar-refractivity contribution in [2.45, 2.75) is 46.1 Å².